The van der Waals surface area contributed by atoms with Gasteiger partial charge >= 0.3 is 0 Å². The lowest BCUT2D eigenvalue weighted by atomic mass is 10.0. The molecule has 3 heterocycles. The lowest BCUT2D eigenvalue weighted by molar-refractivity contribution is 0.464. The van der Waals surface area contributed by atoms with E-state index in [2.05, 4.69) is 25.3 Å². The summed E-state index contributed by atoms with van der Waals surface area (Å²) in [7, 11) is 1.65. The van der Waals surface area contributed by atoms with Crippen LogP contribution in [-0.2, 0) is 7.05 Å². The molecule has 3 rings (SSSR count). The van der Waals surface area contributed by atoms with Gasteiger partial charge in [-0.1, -0.05) is 0 Å². The lowest BCUT2D eigenvalue weighted by Crippen LogP contribution is -2.45. The number of piperidine rings is 1. The normalized spacial score (nSPS) is 17.3. The first-order valence-corrected chi connectivity index (χ1v) is 7.95. The van der Waals surface area contributed by atoms with Crippen LogP contribution in [0.4, 0.5) is 11.6 Å². The van der Waals surface area contributed by atoms with Crippen molar-refractivity contribution in [3.8, 4) is 6.07 Å². The Kier molecular flexibility index (Phi) is 4.70. The lowest BCUT2D eigenvalue weighted by Gasteiger charge is -2.36. The van der Waals surface area contributed by atoms with Gasteiger partial charge in [-0.15, -0.1) is 0 Å². The summed E-state index contributed by atoms with van der Waals surface area (Å²) >= 11 is 0. The molecule has 2 aromatic heterocycles. The third-order valence-corrected chi connectivity index (χ3v) is 4.18. The Balaban J connectivity index is 1.76. The number of hydrogen-bond acceptors (Lipinski definition) is 7. The molecular weight excluding hydrogens is 306 g/mol. The number of hydrogen-bond donors (Lipinski definition) is 1. The van der Waals surface area contributed by atoms with Gasteiger partial charge in [0.05, 0.1) is 0 Å². The highest BCUT2D eigenvalue weighted by Gasteiger charge is 2.24. The summed E-state index contributed by atoms with van der Waals surface area (Å²) in [5.74, 6) is 1.29. The second kappa shape index (κ2) is 7.08. The summed E-state index contributed by atoms with van der Waals surface area (Å²) in [6, 6.07) is 5.57. The average molecular weight is 325 g/mol. The quantitative estimate of drug-likeness (QED) is 0.892. The zero-order chi connectivity index (χ0) is 16.9. The molecular formula is C16H19N7O. The van der Waals surface area contributed by atoms with E-state index in [1.165, 1.54) is 16.9 Å². The Hall–Kier alpha value is -2.95. The summed E-state index contributed by atoms with van der Waals surface area (Å²) in [5, 5.41) is 16.7. The molecule has 1 atom stereocenters. The van der Waals surface area contributed by atoms with Gasteiger partial charge in [-0.25, -0.2) is 14.6 Å². The van der Waals surface area contributed by atoms with Crippen molar-refractivity contribution in [1.82, 2.24) is 19.7 Å². The standard InChI is InChI=1S/C16H19N7O/c1-22-15(24)6-5-14(21-22)23-9-3-2-4-12(23)11-20-16-13(10-17)18-7-8-19-16/h5-8,12H,2-4,9,11H2,1H3,(H,19,20). The highest BCUT2D eigenvalue weighted by atomic mass is 16.1. The molecule has 0 aliphatic carbocycles. The van der Waals surface area contributed by atoms with Gasteiger partial charge in [0.15, 0.2) is 11.5 Å². The number of rotatable bonds is 4. The van der Waals surface area contributed by atoms with Crippen molar-refractivity contribution in [2.45, 2.75) is 25.3 Å². The summed E-state index contributed by atoms with van der Waals surface area (Å²) in [6.07, 6.45) is 6.32. The maximum atomic E-state index is 11.5. The van der Waals surface area contributed by atoms with Gasteiger partial charge in [0, 0.05) is 44.6 Å². The maximum Gasteiger partial charge on any atom is 0.266 e. The molecule has 0 saturated carbocycles. The van der Waals surface area contributed by atoms with Crippen molar-refractivity contribution in [1.29, 1.82) is 5.26 Å². The number of nitrogens with zero attached hydrogens (tertiary/aromatic N) is 6. The van der Waals surface area contributed by atoms with Gasteiger partial charge in [-0.05, 0) is 25.3 Å². The molecule has 0 spiro atoms. The van der Waals surface area contributed by atoms with Gasteiger partial charge < -0.3 is 10.2 Å². The minimum Gasteiger partial charge on any atom is -0.366 e. The van der Waals surface area contributed by atoms with Crippen molar-refractivity contribution < 1.29 is 0 Å². The summed E-state index contributed by atoms with van der Waals surface area (Å²) < 4.78 is 1.35. The van der Waals surface area contributed by atoms with Crippen LogP contribution >= 0.6 is 0 Å². The molecule has 1 fully saturated rings. The van der Waals surface area contributed by atoms with Crippen molar-refractivity contribution in [2.75, 3.05) is 23.3 Å². The molecule has 1 N–H and O–H groups in total. The van der Waals surface area contributed by atoms with Crippen LogP contribution < -0.4 is 15.8 Å². The van der Waals surface area contributed by atoms with Crippen LogP contribution in [0, 0.1) is 11.3 Å². The molecule has 0 aromatic carbocycles. The van der Waals surface area contributed by atoms with Gasteiger partial charge in [-0.2, -0.15) is 10.4 Å². The Morgan fingerprint density at radius 1 is 1.33 bits per heavy atom. The van der Waals surface area contributed by atoms with Crippen LogP contribution in [0.25, 0.3) is 0 Å². The topological polar surface area (TPSA) is 99.7 Å². The Morgan fingerprint density at radius 3 is 2.96 bits per heavy atom. The highest BCUT2D eigenvalue weighted by molar-refractivity contribution is 5.47. The van der Waals surface area contributed by atoms with E-state index in [0.29, 0.717) is 18.1 Å². The Bertz CT molecular complexity index is 811. The number of nitrogens with one attached hydrogen (secondary N) is 1. The minimum atomic E-state index is -0.122. The monoisotopic (exact) mass is 325 g/mol. The minimum absolute atomic E-state index is 0.122. The largest absolute Gasteiger partial charge is 0.366 e. The molecule has 1 unspecified atom stereocenters. The predicted molar refractivity (Wildman–Crippen MR) is 89.7 cm³/mol. The fourth-order valence-corrected chi connectivity index (χ4v) is 2.92. The molecule has 0 radical (unpaired) electrons. The van der Waals surface area contributed by atoms with E-state index in [4.69, 9.17) is 5.26 Å². The fraction of sp³-hybridized carbons (Fsp3) is 0.438. The van der Waals surface area contributed by atoms with Crippen LogP contribution in [0.15, 0.2) is 29.3 Å². The number of aryl methyl sites for hydroxylation is 1. The Morgan fingerprint density at radius 2 is 2.17 bits per heavy atom. The Labute approximate surface area is 139 Å². The first-order chi connectivity index (χ1) is 11.7. The van der Waals surface area contributed by atoms with Crippen LogP contribution in [-0.4, -0.2) is 38.9 Å². The molecule has 124 valence electrons. The average Bonchev–Trinajstić information content (AvgIpc) is 2.63. The fourth-order valence-electron chi connectivity index (χ4n) is 2.92. The molecule has 8 nitrogen and oxygen atoms in total. The van der Waals surface area contributed by atoms with Crippen LogP contribution in [0.3, 0.4) is 0 Å². The summed E-state index contributed by atoms with van der Waals surface area (Å²) in [4.78, 5) is 21.9. The van der Waals surface area contributed by atoms with E-state index < -0.39 is 0 Å². The first kappa shape index (κ1) is 15.9. The predicted octanol–water partition coefficient (Wildman–Crippen LogP) is 0.913. The summed E-state index contributed by atoms with van der Waals surface area (Å²) in [6.45, 7) is 1.53. The van der Waals surface area contributed by atoms with E-state index in [0.717, 1.165) is 31.6 Å². The van der Waals surface area contributed by atoms with E-state index in [9.17, 15) is 4.79 Å². The van der Waals surface area contributed by atoms with Gasteiger partial charge in [0.2, 0.25) is 0 Å². The van der Waals surface area contributed by atoms with Crippen LogP contribution in [0.2, 0.25) is 0 Å². The molecule has 1 saturated heterocycles. The highest BCUT2D eigenvalue weighted by Crippen LogP contribution is 2.22. The van der Waals surface area contributed by atoms with Crippen LogP contribution in [0.1, 0.15) is 25.0 Å². The molecule has 1 aliphatic rings. The van der Waals surface area contributed by atoms with E-state index in [-0.39, 0.29) is 11.6 Å². The number of anilines is 2. The molecule has 8 heteroatoms. The first-order valence-electron chi connectivity index (χ1n) is 7.95. The summed E-state index contributed by atoms with van der Waals surface area (Å²) in [5.41, 5.74) is 0.170. The van der Waals surface area contributed by atoms with Crippen molar-refractivity contribution in [2.24, 2.45) is 7.05 Å². The molecule has 0 amide bonds. The SMILES string of the molecule is Cn1nc(N2CCCCC2CNc2nccnc2C#N)ccc1=O. The third kappa shape index (κ3) is 3.35. The van der Waals surface area contributed by atoms with E-state index in [1.807, 2.05) is 6.07 Å². The van der Waals surface area contributed by atoms with Crippen LogP contribution in [0.5, 0.6) is 0 Å². The van der Waals surface area contributed by atoms with Gasteiger partial charge in [-0.3, -0.25) is 4.79 Å². The maximum absolute atomic E-state index is 11.5. The molecule has 24 heavy (non-hydrogen) atoms. The van der Waals surface area contributed by atoms with Gasteiger partial charge in [0.25, 0.3) is 5.56 Å². The van der Waals surface area contributed by atoms with E-state index >= 15 is 0 Å². The van der Waals surface area contributed by atoms with E-state index in [1.54, 1.807) is 19.3 Å². The molecule has 1 aliphatic heterocycles. The zero-order valence-electron chi connectivity index (χ0n) is 13.5. The zero-order valence-corrected chi connectivity index (χ0v) is 13.5. The smallest absolute Gasteiger partial charge is 0.266 e. The third-order valence-electron chi connectivity index (χ3n) is 4.18. The van der Waals surface area contributed by atoms with Crippen molar-refractivity contribution in [3.05, 3.63) is 40.6 Å². The number of nitriles is 1. The number of aromatic nitrogens is 4. The van der Waals surface area contributed by atoms with Gasteiger partial charge in [0.1, 0.15) is 11.9 Å². The molecule has 2 aromatic rings. The molecule has 0 bridgehead atoms. The van der Waals surface area contributed by atoms with Crippen molar-refractivity contribution in [3.63, 3.8) is 0 Å². The second-order valence-electron chi connectivity index (χ2n) is 5.74. The van der Waals surface area contributed by atoms with Crippen molar-refractivity contribution >= 4 is 11.6 Å². The second-order valence-corrected chi connectivity index (χ2v) is 5.74.